The third-order valence-corrected chi connectivity index (χ3v) is 13.7. The zero-order chi connectivity index (χ0) is 26.8. The summed E-state index contributed by atoms with van der Waals surface area (Å²) in [4.78, 5) is 27.2. The van der Waals surface area contributed by atoms with Crippen LogP contribution in [0.25, 0.3) is 0 Å². The van der Waals surface area contributed by atoms with E-state index in [9.17, 15) is 18.0 Å². The molecule has 12 heteroatoms. The molecule has 6 unspecified atom stereocenters. The van der Waals surface area contributed by atoms with Gasteiger partial charge < -0.3 is 14.8 Å². The van der Waals surface area contributed by atoms with Crippen molar-refractivity contribution in [1.82, 2.24) is 5.32 Å². The number of ether oxygens (including phenoxy) is 2. The zero-order valence-corrected chi connectivity index (χ0v) is 27.2. The van der Waals surface area contributed by atoms with E-state index in [-0.39, 0.29) is 0 Å². The van der Waals surface area contributed by atoms with E-state index in [1.165, 1.54) is 0 Å². The molecule has 2 heterocycles. The Morgan fingerprint density at radius 3 is 2.45 bits per heavy atom. The van der Waals surface area contributed by atoms with Crippen molar-refractivity contribution in [3.8, 4) is 0 Å². The first-order valence-corrected chi connectivity index (χ1v) is 17.1. The average Bonchev–Trinajstić information content (AvgIpc) is 3.50. The van der Waals surface area contributed by atoms with Gasteiger partial charge in [0.15, 0.2) is 0 Å². The average molecular weight is 875 g/mol. The molecule has 2 saturated heterocycles. The van der Waals surface area contributed by atoms with Crippen molar-refractivity contribution in [3.05, 3.63) is 64.3 Å². The Kier molecular flexibility index (Phi) is 7.53. The second-order valence-corrected chi connectivity index (χ2v) is 15.5. The minimum atomic E-state index is -4.01. The Hall–Kier alpha value is -0.560. The van der Waals surface area contributed by atoms with Gasteiger partial charge in [0.25, 0.3) is 10.1 Å². The standard InChI is InChI=1S/C26H24I3NO7S/c27-14-10-16(20(29)18(28)11-14)24(31)35-21-15-12-17-22(21)37-38(33,34)23(17)19(15)25(32)36-26(6-8-30-9-7-26)13-4-2-1-3-5-13/h1-5,10-11,15,17,19,21-23,30H,6-9,12H2. The number of piperidine rings is 1. The summed E-state index contributed by atoms with van der Waals surface area (Å²) in [5.74, 6) is -2.94. The predicted octanol–water partition coefficient (Wildman–Crippen LogP) is 4.21. The van der Waals surface area contributed by atoms with Gasteiger partial charge in [-0.3, -0.25) is 8.98 Å². The van der Waals surface area contributed by atoms with Gasteiger partial charge in [0.05, 0.1) is 11.5 Å². The van der Waals surface area contributed by atoms with Crippen LogP contribution in [0.4, 0.5) is 0 Å². The first-order chi connectivity index (χ1) is 18.1. The number of carbonyl (C=O) groups is 2. The zero-order valence-electron chi connectivity index (χ0n) is 19.9. The smallest absolute Gasteiger partial charge is 0.339 e. The molecule has 0 aromatic heterocycles. The lowest BCUT2D eigenvalue weighted by Gasteiger charge is -2.39. The van der Waals surface area contributed by atoms with Gasteiger partial charge in [-0.25, -0.2) is 4.79 Å². The van der Waals surface area contributed by atoms with Crippen LogP contribution in [0.1, 0.15) is 35.2 Å². The SMILES string of the molecule is O=C(OC1C2CC3C1OS(=O)(=O)C3C2C(=O)OC1(c2ccccc2)CCNCC1)c1cc(I)cc(I)c1I. The summed E-state index contributed by atoms with van der Waals surface area (Å²) >= 11 is 6.42. The van der Waals surface area contributed by atoms with Crippen LogP contribution in [0.3, 0.4) is 0 Å². The molecule has 2 saturated carbocycles. The van der Waals surface area contributed by atoms with Gasteiger partial charge in [-0.15, -0.1) is 0 Å². The van der Waals surface area contributed by atoms with E-state index in [4.69, 9.17) is 13.7 Å². The summed E-state index contributed by atoms with van der Waals surface area (Å²) in [5.41, 5.74) is 0.472. The van der Waals surface area contributed by atoms with Gasteiger partial charge >= 0.3 is 11.9 Å². The highest BCUT2D eigenvalue weighted by atomic mass is 127. The van der Waals surface area contributed by atoms with Gasteiger partial charge in [0.2, 0.25) is 0 Å². The van der Waals surface area contributed by atoms with E-state index >= 15 is 0 Å². The fourth-order valence-corrected chi connectivity index (χ4v) is 11.1. The Bertz CT molecular complexity index is 1400. The lowest BCUT2D eigenvalue weighted by Crippen LogP contribution is -2.49. The molecule has 2 bridgehead atoms. The van der Waals surface area contributed by atoms with Crippen LogP contribution in [-0.2, 0) is 34.2 Å². The quantitative estimate of drug-likeness (QED) is 0.206. The Morgan fingerprint density at radius 2 is 1.74 bits per heavy atom. The van der Waals surface area contributed by atoms with E-state index < -0.39 is 62.9 Å². The second kappa shape index (κ2) is 10.4. The van der Waals surface area contributed by atoms with Crippen LogP contribution in [0.5, 0.6) is 0 Å². The van der Waals surface area contributed by atoms with Gasteiger partial charge in [-0.2, -0.15) is 8.42 Å². The Balaban J connectivity index is 1.30. The third kappa shape index (κ3) is 4.61. The number of fused-ring (bicyclic) bond motifs is 1. The summed E-state index contributed by atoms with van der Waals surface area (Å²) in [7, 11) is -4.01. The first kappa shape index (κ1) is 27.6. The lowest BCUT2D eigenvalue weighted by atomic mass is 9.82. The van der Waals surface area contributed by atoms with Gasteiger partial charge in [-0.1, -0.05) is 30.3 Å². The number of benzene rings is 2. The summed E-state index contributed by atoms with van der Waals surface area (Å²) in [6.07, 6.45) is -0.00694. The first-order valence-electron chi connectivity index (χ1n) is 12.4. The number of rotatable bonds is 5. The molecule has 2 aromatic rings. The number of hydrogen-bond acceptors (Lipinski definition) is 8. The molecule has 202 valence electrons. The highest BCUT2D eigenvalue weighted by molar-refractivity contribution is 14.1. The number of halogens is 3. The summed E-state index contributed by atoms with van der Waals surface area (Å²) in [6.45, 7) is 1.36. The van der Waals surface area contributed by atoms with Crippen molar-refractivity contribution in [2.45, 2.75) is 42.3 Å². The molecule has 38 heavy (non-hydrogen) atoms. The van der Waals surface area contributed by atoms with E-state index in [1.54, 1.807) is 6.07 Å². The molecular weight excluding hydrogens is 851 g/mol. The van der Waals surface area contributed by atoms with E-state index in [1.807, 2.05) is 36.4 Å². The summed E-state index contributed by atoms with van der Waals surface area (Å²) in [6, 6.07) is 13.3. The molecule has 4 fully saturated rings. The fraction of sp³-hybridized carbons (Fsp3) is 0.462. The molecular formula is C26H24I3NO7S. The molecule has 1 N–H and O–H groups in total. The largest absolute Gasteiger partial charge is 0.456 e. The van der Waals surface area contributed by atoms with Crippen molar-refractivity contribution < 1.29 is 31.7 Å². The number of esters is 2. The maximum atomic E-state index is 13.9. The molecule has 4 aliphatic rings. The monoisotopic (exact) mass is 875 g/mol. The summed E-state index contributed by atoms with van der Waals surface area (Å²) < 4.78 is 46.5. The number of hydrogen-bond donors (Lipinski definition) is 1. The molecule has 2 aliphatic carbocycles. The minimum Gasteiger partial charge on any atom is -0.456 e. The van der Waals surface area contributed by atoms with Crippen molar-refractivity contribution in [2.24, 2.45) is 17.8 Å². The normalized spacial score (nSPS) is 32.2. The van der Waals surface area contributed by atoms with Gasteiger partial charge in [-0.05, 0) is 105 Å². The van der Waals surface area contributed by atoms with Gasteiger partial charge in [0.1, 0.15) is 23.1 Å². The topological polar surface area (TPSA) is 108 Å². The second-order valence-electron chi connectivity index (χ2n) is 10.3. The van der Waals surface area contributed by atoms with Crippen molar-refractivity contribution in [3.63, 3.8) is 0 Å². The Morgan fingerprint density at radius 1 is 1.03 bits per heavy atom. The van der Waals surface area contributed by atoms with E-state index in [0.717, 1.165) is 16.3 Å². The molecule has 0 radical (unpaired) electrons. The number of nitrogens with one attached hydrogen (secondary N) is 1. The molecule has 6 rings (SSSR count). The number of carbonyl (C=O) groups excluding carboxylic acids is 2. The third-order valence-electron chi connectivity index (χ3n) is 8.26. The highest BCUT2D eigenvalue weighted by Gasteiger charge is 2.72. The maximum Gasteiger partial charge on any atom is 0.339 e. The minimum absolute atomic E-state index is 0.406. The van der Waals surface area contributed by atoms with Crippen molar-refractivity contribution >= 4 is 89.8 Å². The maximum absolute atomic E-state index is 13.9. The van der Waals surface area contributed by atoms with Crippen molar-refractivity contribution in [2.75, 3.05) is 13.1 Å². The van der Waals surface area contributed by atoms with Crippen molar-refractivity contribution in [1.29, 1.82) is 0 Å². The van der Waals surface area contributed by atoms with Crippen LogP contribution in [0.2, 0.25) is 0 Å². The summed E-state index contributed by atoms with van der Waals surface area (Å²) in [5, 5.41) is 2.33. The van der Waals surface area contributed by atoms with Gasteiger partial charge in [0, 0.05) is 35.4 Å². The molecule has 2 aliphatic heterocycles. The van der Waals surface area contributed by atoms with Crippen LogP contribution in [0, 0.1) is 28.5 Å². The predicted molar refractivity (Wildman–Crippen MR) is 163 cm³/mol. The van der Waals surface area contributed by atoms with Crippen LogP contribution < -0.4 is 5.32 Å². The molecule has 0 spiro atoms. The fourth-order valence-electron chi connectivity index (χ4n) is 6.63. The van der Waals surface area contributed by atoms with E-state index in [0.29, 0.717) is 37.9 Å². The van der Waals surface area contributed by atoms with Crippen LogP contribution >= 0.6 is 67.8 Å². The molecule has 6 atom stereocenters. The molecule has 2 aromatic carbocycles. The lowest BCUT2D eigenvalue weighted by molar-refractivity contribution is -0.173. The highest BCUT2D eigenvalue weighted by Crippen LogP contribution is 2.59. The van der Waals surface area contributed by atoms with E-state index in [2.05, 4.69) is 73.1 Å². The van der Waals surface area contributed by atoms with Crippen LogP contribution in [-0.4, -0.2) is 50.9 Å². The van der Waals surface area contributed by atoms with Crippen LogP contribution in [0.15, 0.2) is 42.5 Å². The molecule has 0 amide bonds. The Labute approximate surface area is 261 Å². The molecule has 8 nitrogen and oxygen atoms in total.